The Balaban J connectivity index is 2.20. The van der Waals surface area contributed by atoms with Gasteiger partial charge in [0.15, 0.2) is 0 Å². The Hall–Kier alpha value is -2.89. The van der Waals surface area contributed by atoms with Crippen molar-refractivity contribution in [3.05, 3.63) is 58.9 Å². The molecule has 0 aliphatic heterocycles. The maximum atomic E-state index is 12.4. The maximum absolute atomic E-state index is 12.4. The van der Waals surface area contributed by atoms with Crippen LogP contribution < -0.4 is 0 Å². The fraction of sp³-hybridized carbons (Fsp3) is 0.316. The van der Waals surface area contributed by atoms with E-state index in [9.17, 15) is 9.59 Å². The third-order valence-corrected chi connectivity index (χ3v) is 3.95. The molecule has 1 amide bonds. The molecular weight excluding hydrogens is 318 g/mol. The minimum Gasteiger partial charge on any atom is -0.444 e. The van der Waals surface area contributed by atoms with E-state index in [1.54, 1.807) is 49.1 Å². The molecule has 0 saturated carbocycles. The minimum absolute atomic E-state index is 0.290. The van der Waals surface area contributed by atoms with Crippen molar-refractivity contribution in [2.75, 3.05) is 14.1 Å². The quantitative estimate of drug-likeness (QED) is 0.619. The molecule has 0 radical (unpaired) electrons. The molecule has 0 unspecified atom stereocenters. The van der Waals surface area contributed by atoms with Gasteiger partial charge in [0.25, 0.3) is 5.91 Å². The van der Waals surface area contributed by atoms with Crippen molar-refractivity contribution in [1.82, 2.24) is 14.7 Å². The lowest BCUT2D eigenvalue weighted by Gasteiger charge is -2.20. The van der Waals surface area contributed by atoms with Gasteiger partial charge in [0.2, 0.25) is 6.10 Å². The molecule has 0 aliphatic rings. The highest BCUT2D eigenvalue weighted by Gasteiger charge is 2.25. The Morgan fingerprint density at radius 2 is 1.84 bits per heavy atom. The molecule has 0 spiro atoms. The third kappa shape index (κ3) is 4.35. The molecule has 1 aromatic heterocycles. The van der Waals surface area contributed by atoms with Crippen LogP contribution in [0.3, 0.4) is 0 Å². The molecule has 0 bridgehead atoms. The fourth-order valence-corrected chi connectivity index (χ4v) is 2.46. The number of likely N-dealkylation sites (N-methyl/N-ethyl adjacent to an activating group) is 1. The number of rotatable bonds is 5. The van der Waals surface area contributed by atoms with Crippen LogP contribution in [0.25, 0.3) is 6.08 Å². The first-order chi connectivity index (χ1) is 11.8. The zero-order valence-electron chi connectivity index (χ0n) is 15.2. The highest BCUT2D eigenvalue weighted by molar-refractivity contribution is 5.91. The molecule has 132 valence electrons. The summed E-state index contributed by atoms with van der Waals surface area (Å²) >= 11 is 0. The van der Waals surface area contributed by atoms with Crippen molar-refractivity contribution < 1.29 is 14.3 Å². The Bertz CT molecular complexity index is 792. The number of aryl methyl sites for hydroxylation is 2. The average Bonchev–Trinajstić information content (AvgIpc) is 2.83. The van der Waals surface area contributed by atoms with Crippen LogP contribution in [0.15, 0.2) is 36.4 Å². The highest BCUT2D eigenvalue weighted by atomic mass is 16.5. The summed E-state index contributed by atoms with van der Waals surface area (Å²) in [6, 6.07) is 8.97. The summed E-state index contributed by atoms with van der Waals surface area (Å²) < 4.78 is 7.18. The number of carbonyl (C=O) groups is 2. The van der Waals surface area contributed by atoms with Gasteiger partial charge < -0.3 is 9.64 Å². The Morgan fingerprint density at radius 1 is 1.20 bits per heavy atom. The van der Waals surface area contributed by atoms with E-state index in [2.05, 4.69) is 5.10 Å². The summed E-state index contributed by atoms with van der Waals surface area (Å²) in [5.74, 6) is -0.867. The number of amides is 1. The van der Waals surface area contributed by atoms with E-state index >= 15 is 0 Å². The van der Waals surface area contributed by atoms with Crippen LogP contribution in [-0.2, 0) is 21.4 Å². The maximum Gasteiger partial charge on any atom is 0.331 e. The first-order valence-corrected chi connectivity index (χ1v) is 7.96. The second-order valence-corrected chi connectivity index (χ2v) is 6.00. The average molecular weight is 341 g/mol. The zero-order chi connectivity index (χ0) is 18.6. The molecule has 0 saturated heterocycles. The summed E-state index contributed by atoms with van der Waals surface area (Å²) in [4.78, 5) is 26.0. The highest BCUT2D eigenvalue weighted by Crippen LogP contribution is 2.20. The number of aromatic nitrogens is 2. The number of hydrogen-bond acceptors (Lipinski definition) is 4. The summed E-state index contributed by atoms with van der Waals surface area (Å²) in [5, 5.41) is 4.30. The standard InChI is InChI=1S/C19H23N3O3/c1-13-16(14(2)22(5)20-13)11-12-17(23)25-18(19(24)21(3)4)15-9-7-6-8-10-15/h6-12,18H,1-5H3/b12-11+/t18-/m1/s1. The summed E-state index contributed by atoms with van der Waals surface area (Å²) in [6.07, 6.45) is 2.03. The van der Waals surface area contributed by atoms with E-state index in [-0.39, 0.29) is 5.91 Å². The van der Waals surface area contributed by atoms with Crippen LogP contribution in [0.5, 0.6) is 0 Å². The molecule has 0 fully saturated rings. The Labute approximate surface area is 147 Å². The molecule has 0 N–H and O–H groups in total. The predicted molar refractivity (Wildman–Crippen MR) is 95.7 cm³/mol. The number of carbonyl (C=O) groups excluding carboxylic acids is 2. The number of ether oxygens (including phenoxy) is 1. The number of hydrogen-bond donors (Lipinski definition) is 0. The van der Waals surface area contributed by atoms with E-state index in [0.717, 1.165) is 17.0 Å². The summed E-state index contributed by atoms with van der Waals surface area (Å²) in [6.45, 7) is 3.80. The SMILES string of the molecule is Cc1nn(C)c(C)c1/C=C/C(=O)O[C@@H](C(=O)N(C)C)c1ccccc1. The van der Waals surface area contributed by atoms with Crippen molar-refractivity contribution in [3.63, 3.8) is 0 Å². The normalized spacial score (nSPS) is 12.2. The van der Waals surface area contributed by atoms with Gasteiger partial charge in [-0.3, -0.25) is 9.48 Å². The van der Waals surface area contributed by atoms with E-state index in [0.29, 0.717) is 5.56 Å². The third-order valence-electron chi connectivity index (χ3n) is 3.95. The van der Waals surface area contributed by atoms with Gasteiger partial charge in [0.1, 0.15) is 0 Å². The van der Waals surface area contributed by atoms with Crippen LogP contribution in [0.4, 0.5) is 0 Å². The van der Waals surface area contributed by atoms with E-state index < -0.39 is 12.1 Å². The van der Waals surface area contributed by atoms with Gasteiger partial charge in [-0.2, -0.15) is 5.10 Å². The van der Waals surface area contributed by atoms with Gasteiger partial charge in [0, 0.05) is 44.0 Å². The lowest BCUT2D eigenvalue weighted by molar-refractivity contribution is -0.155. The number of esters is 1. The lowest BCUT2D eigenvalue weighted by Crippen LogP contribution is -2.30. The molecule has 25 heavy (non-hydrogen) atoms. The monoisotopic (exact) mass is 341 g/mol. The van der Waals surface area contributed by atoms with E-state index in [4.69, 9.17) is 4.74 Å². The molecular formula is C19H23N3O3. The van der Waals surface area contributed by atoms with Gasteiger partial charge in [-0.25, -0.2) is 4.79 Å². The van der Waals surface area contributed by atoms with Crippen LogP contribution >= 0.6 is 0 Å². The number of nitrogens with zero attached hydrogens (tertiary/aromatic N) is 3. The number of benzene rings is 1. The van der Waals surface area contributed by atoms with Crippen LogP contribution in [0.2, 0.25) is 0 Å². The van der Waals surface area contributed by atoms with Gasteiger partial charge in [0.05, 0.1) is 5.69 Å². The molecule has 2 rings (SSSR count). The summed E-state index contributed by atoms with van der Waals surface area (Å²) in [5.41, 5.74) is 3.28. The molecule has 1 aromatic carbocycles. The van der Waals surface area contributed by atoms with Gasteiger partial charge in [-0.05, 0) is 19.9 Å². The Morgan fingerprint density at radius 3 is 2.36 bits per heavy atom. The van der Waals surface area contributed by atoms with Crippen LogP contribution in [0.1, 0.15) is 28.6 Å². The molecule has 6 heteroatoms. The van der Waals surface area contributed by atoms with Gasteiger partial charge in [-0.15, -0.1) is 0 Å². The van der Waals surface area contributed by atoms with Crippen LogP contribution in [-0.4, -0.2) is 40.7 Å². The fourth-order valence-electron chi connectivity index (χ4n) is 2.46. The van der Waals surface area contributed by atoms with E-state index in [1.807, 2.05) is 27.0 Å². The van der Waals surface area contributed by atoms with Crippen molar-refractivity contribution in [3.8, 4) is 0 Å². The molecule has 1 heterocycles. The first-order valence-electron chi connectivity index (χ1n) is 7.96. The van der Waals surface area contributed by atoms with Crippen molar-refractivity contribution >= 4 is 18.0 Å². The molecule has 6 nitrogen and oxygen atoms in total. The summed E-state index contributed by atoms with van der Waals surface area (Å²) in [7, 11) is 5.10. The molecule has 1 atom stereocenters. The second-order valence-electron chi connectivity index (χ2n) is 6.00. The van der Waals surface area contributed by atoms with Gasteiger partial charge >= 0.3 is 5.97 Å². The minimum atomic E-state index is -0.968. The van der Waals surface area contributed by atoms with Crippen molar-refractivity contribution in [2.45, 2.75) is 20.0 Å². The Kier molecular flexibility index (Phi) is 5.75. The van der Waals surface area contributed by atoms with Crippen LogP contribution in [0, 0.1) is 13.8 Å². The topological polar surface area (TPSA) is 64.4 Å². The lowest BCUT2D eigenvalue weighted by atomic mass is 10.1. The smallest absolute Gasteiger partial charge is 0.331 e. The van der Waals surface area contributed by atoms with Crippen molar-refractivity contribution in [2.24, 2.45) is 7.05 Å². The molecule has 0 aliphatic carbocycles. The van der Waals surface area contributed by atoms with Crippen molar-refractivity contribution in [1.29, 1.82) is 0 Å². The zero-order valence-corrected chi connectivity index (χ0v) is 15.2. The van der Waals surface area contributed by atoms with Gasteiger partial charge in [-0.1, -0.05) is 30.3 Å². The second kappa shape index (κ2) is 7.79. The van der Waals surface area contributed by atoms with E-state index in [1.165, 1.54) is 11.0 Å². The molecule has 2 aromatic rings. The predicted octanol–water partition coefficient (Wildman–Crippen LogP) is 2.42. The largest absolute Gasteiger partial charge is 0.444 e. The first kappa shape index (κ1) is 18.4.